The number of aromatic hydroxyl groups is 1. The number of benzene rings is 1. The Morgan fingerprint density at radius 2 is 2.05 bits per heavy atom. The van der Waals surface area contributed by atoms with Gasteiger partial charge in [-0.3, -0.25) is 9.40 Å². The van der Waals surface area contributed by atoms with Crippen molar-refractivity contribution in [3.63, 3.8) is 0 Å². The summed E-state index contributed by atoms with van der Waals surface area (Å²) in [5, 5.41) is 16.1. The van der Waals surface area contributed by atoms with E-state index in [4.69, 9.17) is 0 Å². The number of H-pyrrole nitrogens is 1. The van der Waals surface area contributed by atoms with Crippen molar-refractivity contribution >= 4 is 15.7 Å². The van der Waals surface area contributed by atoms with Gasteiger partial charge in [0.2, 0.25) is 0 Å². The maximum Gasteiger partial charge on any atom is 0.267 e. The van der Waals surface area contributed by atoms with Crippen LogP contribution in [0.4, 0.5) is 5.69 Å². The molecule has 20 heavy (non-hydrogen) atoms. The Hall–Kier alpha value is -2.02. The summed E-state index contributed by atoms with van der Waals surface area (Å²) in [4.78, 5) is 0.183. The summed E-state index contributed by atoms with van der Waals surface area (Å²) in [6.45, 7) is 5.32. The Morgan fingerprint density at radius 3 is 2.55 bits per heavy atom. The first kappa shape index (κ1) is 14.4. The molecule has 1 aromatic carbocycles. The van der Waals surface area contributed by atoms with E-state index in [9.17, 15) is 13.5 Å². The highest BCUT2D eigenvalue weighted by molar-refractivity contribution is 7.93. The number of aromatic amines is 1. The molecule has 0 aliphatic rings. The van der Waals surface area contributed by atoms with Crippen LogP contribution in [0, 0.1) is 13.8 Å². The number of hydrogen-bond acceptors (Lipinski definition) is 4. The summed E-state index contributed by atoms with van der Waals surface area (Å²) in [5.74, 6) is 0.0248. The Balaban J connectivity index is 2.57. The number of phenols is 1. The van der Waals surface area contributed by atoms with Crippen molar-refractivity contribution < 1.29 is 13.5 Å². The van der Waals surface area contributed by atoms with Gasteiger partial charge in [0.1, 0.15) is 10.6 Å². The van der Waals surface area contributed by atoms with E-state index in [1.165, 1.54) is 16.4 Å². The standard InChI is InChI=1S/C13H17N3O3S/c1-4-16(11-6-5-7-12(17)8-11)20(18,19)13-9(2)14-15-10(13)3/h5-8,17H,4H2,1-3H3,(H,14,15). The minimum Gasteiger partial charge on any atom is -0.508 e. The van der Waals surface area contributed by atoms with E-state index in [0.717, 1.165) is 0 Å². The van der Waals surface area contributed by atoms with Crippen LogP contribution in [0.25, 0.3) is 0 Å². The Kier molecular flexibility index (Phi) is 3.71. The van der Waals surface area contributed by atoms with Gasteiger partial charge >= 0.3 is 0 Å². The molecule has 0 unspecified atom stereocenters. The molecule has 2 N–H and O–H groups in total. The first-order valence-electron chi connectivity index (χ1n) is 6.21. The summed E-state index contributed by atoms with van der Waals surface area (Å²) in [6.07, 6.45) is 0. The lowest BCUT2D eigenvalue weighted by atomic mass is 10.3. The fourth-order valence-corrected chi connectivity index (χ4v) is 3.97. The number of anilines is 1. The summed E-state index contributed by atoms with van der Waals surface area (Å²) >= 11 is 0. The number of hydrogen-bond donors (Lipinski definition) is 2. The molecule has 0 bridgehead atoms. The number of aromatic nitrogens is 2. The molecular weight excluding hydrogens is 278 g/mol. The molecule has 1 aromatic heterocycles. The average molecular weight is 295 g/mol. The van der Waals surface area contributed by atoms with Crippen LogP contribution in [0.3, 0.4) is 0 Å². The Labute approximate surface area is 118 Å². The zero-order valence-electron chi connectivity index (χ0n) is 11.6. The quantitative estimate of drug-likeness (QED) is 0.902. The number of rotatable bonds is 4. The third-order valence-electron chi connectivity index (χ3n) is 3.01. The second-order valence-electron chi connectivity index (χ2n) is 4.45. The average Bonchev–Trinajstić information content (AvgIpc) is 2.70. The summed E-state index contributed by atoms with van der Waals surface area (Å²) < 4.78 is 26.8. The number of sulfonamides is 1. The van der Waals surface area contributed by atoms with Crippen LogP contribution in [0.5, 0.6) is 5.75 Å². The number of nitrogens with one attached hydrogen (secondary N) is 1. The van der Waals surface area contributed by atoms with Crippen molar-refractivity contribution in [3.8, 4) is 5.75 Å². The van der Waals surface area contributed by atoms with Crippen molar-refractivity contribution in [2.24, 2.45) is 0 Å². The topological polar surface area (TPSA) is 86.3 Å². The minimum atomic E-state index is -3.71. The lowest BCUT2D eigenvalue weighted by molar-refractivity contribution is 0.475. The van der Waals surface area contributed by atoms with Crippen LogP contribution in [0.2, 0.25) is 0 Å². The monoisotopic (exact) mass is 295 g/mol. The SMILES string of the molecule is CCN(c1cccc(O)c1)S(=O)(=O)c1c(C)n[nH]c1C. The molecule has 108 valence electrons. The van der Waals surface area contributed by atoms with Crippen LogP contribution in [-0.2, 0) is 10.0 Å². The van der Waals surface area contributed by atoms with E-state index in [0.29, 0.717) is 17.1 Å². The molecule has 0 spiro atoms. The fourth-order valence-electron chi connectivity index (χ4n) is 2.17. The lowest BCUT2D eigenvalue weighted by Crippen LogP contribution is -2.31. The van der Waals surface area contributed by atoms with Crippen molar-refractivity contribution in [2.45, 2.75) is 25.7 Å². The first-order chi connectivity index (χ1) is 9.37. The molecule has 0 atom stereocenters. The molecule has 1 heterocycles. The summed E-state index contributed by atoms with van der Waals surface area (Å²) in [6, 6.07) is 6.17. The third kappa shape index (κ3) is 2.36. The number of aryl methyl sites for hydroxylation is 2. The second-order valence-corrected chi connectivity index (χ2v) is 6.25. The van der Waals surface area contributed by atoms with Crippen molar-refractivity contribution in [1.29, 1.82) is 0 Å². The first-order valence-corrected chi connectivity index (χ1v) is 7.65. The molecule has 6 nitrogen and oxygen atoms in total. The van der Waals surface area contributed by atoms with E-state index < -0.39 is 10.0 Å². The predicted molar refractivity (Wildman–Crippen MR) is 76.4 cm³/mol. The molecule has 0 fully saturated rings. The van der Waals surface area contributed by atoms with Gasteiger partial charge in [-0.25, -0.2) is 8.42 Å². The molecule has 0 aliphatic carbocycles. The zero-order chi connectivity index (χ0) is 14.9. The van der Waals surface area contributed by atoms with Crippen molar-refractivity contribution in [1.82, 2.24) is 10.2 Å². The van der Waals surface area contributed by atoms with E-state index in [1.807, 2.05) is 0 Å². The normalized spacial score (nSPS) is 11.6. The van der Waals surface area contributed by atoms with Crippen molar-refractivity contribution in [2.75, 3.05) is 10.8 Å². The molecular formula is C13H17N3O3S. The summed E-state index contributed by atoms with van der Waals surface area (Å²) in [7, 11) is -3.71. The fraction of sp³-hybridized carbons (Fsp3) is 0.308. The van der Waals surface area contributed by atoms with Gasteiger partial charge in [-0.05, 0) is 32.9 Å². The molecule has 2 aromatic rings. The highest BCUT2D eigenvalue weighted by atomic mass is 32.2. The van der Waals surface area contributed by atoms with E-state index >= 15 is 0 Å². The smallest absolute Gasteiger partial charge is 0.267 e. The minimum absolute atomic E-state index is 0.0248. The van der Waals surface area contributed by atoms with Gasteiger partial charge in [-0.15, -0.1) is 0 Å². The molecule has 0 aliphatic heterocycles. The maximum atomic E-state index is 12.8. The summed E-state index contributed by atoms with van der Waals surface area (Å²) in [5.41, 5.74) is 1.36. The third-order valence-corrected chi connectivity index (χ3v) is 5.18. The number of nitrogens with zero attached hydrogens (tertiary/aromatic N) is 2. The second kappa shape index (κ2) is 5.16. The largest absolute Gasteiger partial charge is 0.508 e. The van der Waals surface area contributed by atoms with Gasteiger partial charge in [-0.2, -0.15) is 5.10 Å². The number of phenolic OH excluding ortho intramolecular Hbond substituents is 1. The van der Waals surface area contributed by atoms with E-state index in [1.54, 1.807) is 32.9 Å². The van der Waals surface area contributed by atoms with Gasteiger partial charge < -0.3 is 5.11 Å². The molecule has 0 saturated heterocycles. The van der Waals surface area contributed by atoms with Gasteiger partial charge in [0.15, 0.2) is 0 Å². The van der Waals surface area contributed by atoms with E-state index in [2.05, 4.69) is 10.2 Å². The van der Waals surface area contributed by atoms with Crippen LogP contribution in [-0.4, -0.2) is 30.3 Å². The predicted octanol–water partition coefficient (Wildman–Crippen LogP) is 1.95. The Morgan fingerprint density at radius 1 is 1.35 bits per heavy atom. The molecule has 2 rings (SSSR count). The van der Waals surface area contributed by atoms with Crippen LogP contribution in [0.1, 0.15) is 18.3 Å². The maximum absolute atomic E-state index is 12.8. The highest BCUT2D eigenvalue weighted by Crippen LogP contribution is 2.28. The van der Waals surface area contributed by atoms with Gasteiger partial charge in [0.05, 0.1) is 17.1 Å². The highest BCUT2D eigenvalue weighted by Gasteiger charge is 2.29. The van der Waals surface area contributed by atoms with E-state index in [-0.39, 0.29) is 17.2 Å². The van der Waals surface area contributed by atoms with Crippen LogP contribution >= 0.6 is 0 Å². The molecule has 0 saturated carbocycles. The molecule has 0 radical (unpaired) electrons. The van der Waals surface area contributed by atoms with Crippen LogP contribution < -0.4 is 4.31 Å². The zero-order valence-corrected chi connectivity index (χ0v) is 12.4. The van der Waals surface area contributed by atoms with Gasteiger partial charge in [0.25, 0.3) is 10.0 Å². The lowest BCUT2D eigenvalue weighted by Gasteiger charge is -2.23. The molecule has 0 amide bonds. The van der Waals surface area contributed by atoms with Crippen LogP contribution in [0.15, 0.2) is 29.2 Å². The molecule has 7 heteroatoms. The van der Waals surface area contributed by atoms with Crippen molar-refractivity contribution in [3.05, 3.63) is 35.7 Å². The Bertz CT molecular complexity index is 703. The van der Waals surface area contributed by atoms with Gasteiger partial charge in [0, 0.05) is 12.6 Å². The van der Waals surface area contributed by atoms with Gasteiger partial charge in [-0.1, -0.05) is 6.07 Å².